The van der Waals surface area contributed by atoms with E-state index < -0.39 is 17.3 Å². The smallest absolute Gasteiger partial charge is 0.309 e. The first-order valence-corrected chi connectivity index (χ1v) is 4.72. The van der Waals surface area contributed by atoms with E-state index in [0.717, 1.165) is 0 Å². The van der Waals surface area contributed by atoms with Crippen molar-refractivity contribution >= 4 is 11.9 Å². The summed E-state index contributed by atoms with van der Waals surface area (Å²) in [5.41, 5.74) is -0.501. The van der Waals surface area contributed by atoms with E-state index in [9.17, 15) is 9.59 Å². The van der Waals surface area contributed by atoms with E-state index in [-0.39, 0.29) is 11.9 Å². The number of carbonyl (C=O) groups is 2. The summed E-state index contributed by atoms with van der Waals surface area (Å²) < 4.78 is 4.67. The summed E-state index contributed by atoms with van der Waals surface area (Å²) in [5.74, 6) is -1.83. The first kappa shape index (κ1) is 11.0. The number of rotatable bonds is 2. The maximum atomic E-state index is 11.4. The van der Waals surface area contributed by atoms with Gasteiger partial charge in [-0.15, -0.1) is 0 Å². The summed E-state index contributed by atoms with van der Waals surface area (Å²) in [6, 6.07) is 0. The molecule has 0 heterocycles. The number of carbonyl (C=O) groups excluding carboxylic acids is 1. The topological polar surface area (TPSA) is 63.6 Å². The Kier molecular flexibility index (Phi) is 2.83. The van der Waals surface area contributed by atoms with E-state index in [2.05, 4.69) is 4.74 Å². The quantitative estimate of drug-likeness (QED) is 0.682. The average molecular weight is 200 g/mol. The van der Waals surface area contributed by atoms with E-state index in [4.69, 9.17) is 5.11 Å². The van der Waals surface area contributed by atoms with E-state index >= 15 is 0 Å². The second kappa shape index (κ2) is 3.59. The molecular formula is C10H16O4. The second-order valence-corrected chi connectivity index (χ2v) is 4.37. The SMILES string of the molecule is COC(=O)[C@H]1CC[C@H](C(=O)O)C1(C)C. The van der Waals surface area contributed by atoms with Gasteiger partial charge in [-0.25, -0.2) is 0 Å². The van der Waals surface area contributed by atoms with Gasteiger partial charge in [0.1, 0.15) is 0 Å². The molecule has 4 heteroatoms. The van der Waals surface area contributed by atoms with Gasteiger partial charge in [-0.3, -0.25) is 9.59 Å². The van der Waals surface area contributed by atoms with Crippen LogP contribution in [-0.4, -0.2) is 24.2 Å². The third-order valence-electron chi connectivity index (χ3n) is 3.32. The number of hydrogen-bond donors (Lipinski definition) is 1. The van der Waals surface area contributed by atoms with Gasteiger partial charge in [-0.1, -0.05) is 13.8 Å². The van der Waals surface area contributed by atoms with Crippen molar-refractivity contribution in [2.75, 3.05) is 7.11 Å². The Hall–Kier alpha value is -1.06. The molecule has 1 aliphatic carbocycles. The molecule has 0 bridgehead atoms. The van der Waals surface area contributed by atoms with Gasteiger partial charge in [0.25, 0.3) is 0 Å². The molecule has 0 spiro atoms. The molecule has 1 N–H and O–H groups in total. The van der Waals surface area contributed by atoms with Gasteiger partial charge >= 0.3 is 11.9 Å². The van der Waals surface area contributed by atoms with Crippen LogP contribution in [0.2, 0.25) is 0 Å². The molecule has 0 aliphatic heterocycles. The van der Waals surface area contributed by atoms with Crippen LogP contribution in [-0.2, 0) is 14.3 Å². The molecule has 0 radical (unpaired) electrons. The molecule has 1 saturated carbocycles. The van der Waals surface area contributed by atoms with Gasteiger partial charge in [-0.05, 0) is 18.3 Å². The Morgan fingerprint density at radius 3 is 2.14 bits per heavy atom. The molecule has 2 atom stereocenters. The van der Waals surface area contributed by atoms with Crippen molar-refractivity contribution in [1.82, 2.24) is 0 Å². The van der Waals surface area contributed by atoms with Crippen LogP contribution < -0.4 is 0 Å². The molecule has 14 heavy (non-hydrogen) atoms. The Morgan fingerprint density at radius 2 is 1.79 bits per heavy atom. The Labute approximate surface area is 83.2 Å². The number of carboxylic acid groups (broad SMARTS) is 1. The molecule has 0 aromatic rings. The molecule has 0 unspecified atom stereocenters. The van der Waals surface area contributed by atoms with E-state index in [1.807, 2.05) is 13.8 Å². The third kappa shape index (κ3) is 1.61. The molecule has 1 rings (SSSR count). The first-order valence-electron chi connectivity index (χ1n) is 4.72. The van der Waals surface area contributed by atoms with Crippen molar-refractivity contribution in [3.05, 3.63) is 0 Å². The lowest BCUT2D eigenvalue weighted by atomic mass is 9.75. The van der Waals surface area contributed by atoms with Crippen LogP contribution in [0.5, 0.6) is 0 Å². The number of esters is 1. The molecule has 4 nitrogen and oxygen atoms in total. The highest BCUT2D eigenvalue weighted by atomic mass is 16.5. The van der Waals surface area contributed by atoms with Crippen LogP contribution in [0.3, 0.4) is 0 Å². The molecule has 1 aliphatic rings. The molecular weight excluding hydrogens is 184 g/mol. The number of methoxy groups -OCH3 is 1. The Bertz CT molecular complexity index is 257. The fourth-order valence-corrected chi connectivity index (χ4v) is 2.33. The zero-order valence-corrected chi connectivity index (χ0v) is 8.74. The number of hydrogen-bond acceptors (Lipinski definition) is 3. The van der Waals surface area contributed by atoms with Crippen molar-refractivity contribution in [3.8, 4) is 0 Å². The minimum atomic E-state index is -0.818. The zero-order chi connectivity index (χ0) is 10.9. The second-order valence-electron chi connectivity index (χ2n) is 4.37. The summed E-state index contributed by atoms with van der Waals surface area (Å²) in [6.45, 7) is 3.64. The molecule has 0 aromatic carbocycles. The normalized spacial score (nSPS) is 29.9. The summed E-state index contributed by atoms with van der Waals surface area (Å²) >= 11 is 0. The summed E-state index contributed by atoms with van der Waals surface area (Å²) in [5, 5.41) is 8.97. The minimum absolute atomic E-state index is 0.284. The molecule has 80 valence electrons. The highest BCUT2D eigenvalue weighted by Gasteiger charge is 2.50. The van der Waals surface area contributed by atoms with E-state index in [0.29, 0.717) is 12.8 Å². The molecule has 1 fully saturated rings. The van der Waals surface area contributed by atoms with Crippen molar-refractivity contribution < 1.29 is 19.4 Å². The number of ether oxygens (including phenoxy) is 1. The standard InChI is InChI=1S/C10H16O4/c1-10(2)6(8(11)12)4-5-7(10)9(13)14-3/h6-7H,4-5H2,1-3H3,(H,11,12)/t6-,7-/m1/s1. The highest BCUT2D eigenvalue weighted by molar-refractivity contribution is 5.78. The van der Waals surface area contributed by atoms with Crippen LogP contribution in [0, 0.1) is 17.3 Å². The fourth-order valence-electron chi connectivity index (χ4n) is 2.33. The third-order valence-corrected chi connectivity index (χ3v) is 3.32. The van der Waals surface area contributed by atoms with Gasteiger partial charge in [-0.2, -0.15) is 0 Å². The lowest BCUT2D eigenvalue weighted by Crippen LogP contribution is -2.34. The van der Waals surface area contributed by atoms with Gasteiger partial charge in [0.2, 0.25) is 0 Å². The average Bonchev–Trinajstić information content (AvgIpc) is 2.39. The summed E-state index contributed by atoms with van der Waals surface area (Å²) in [4.78, 5) is 22.3. The fraction of sp³-hybridized carbons (Fsp3) is 0.800. The van der Waals surface area contributed by atoms with Crippen LogP contribution in [0.15, 0.2) is 0 Å². The van der Waals surface area contributed by atoms with Gasteiger partial charge in [0.05, 0.1) is 18.9 Å². The lowest BCUT2D eigenvalue weighted by Gasteiger charge is -2.28. The van der Waals surface area contributed by atoms with E-state index in [1.54, 1.807) is 0 Å². The number of carboxylic acids is 1. The number of aliphatic carboxylic acids is 1. The predicted octanol–water partition coefficient (Wildman–Crippen LogP) is 1.30. The maximum absolute atomic E-state index is 11.4. The molecule has 0 aromatic heterocycles. The van der Waals surface area contributed by atoms with Crippen LogP contribution >= 0.6 is 0 Å². The minimum Gasteiger partial charge on any atom is -0.481 e. The Morgan fingerprint density at radius 1 is 1.29 bits per heavy atom. The highest BCUT2D eigenvalue weighted by Crippen LogP contribution is 2.47. The zero-order valence-electron chi connectivity index (χ0n) is 8.74. The summed E-state index contributed by atoms with van der Waals surface area (Å²) in [7, 11) is 1.34. The molecule has 0 amide bonds. The van der Waals surface area contributed by atoms with Crippen molar-refractivity contribution in [2.24, 2.45) is 17.3 Å². The predicted molar refractivity (Wildman–Crippen MR) is 49.6 cm³/mol. The largest absolute Gasteiger partial charge is 0.481 e. The van der Waals surface area contributed by atoms with Crippen molar-refractivity contribution in [1.29, 1.82) is 0 Å². The molecule has 0 saturated heterocycles. The van der Waals surface area contributed by atoms with Gasteiger partial charge < -0.3 is 9.84 Å². The van der Waals surface area contributed by atoms with Gasteiger partial charge in [0, 0.05) is 0 Å². The summed E-state index contributed by atoms with van der Waals surface area (Å²) in [6.07, 6.45) is 1.17. The van der Waals surface area contributed by atoms with Crippen LogP contribution in [0.1, 0.15) is 26.7 Å². The van der Waals surface area contributed by atoms with E-state index in [1.165, 1.54) is 7.11 Å². The van der Waals surface area contributed by atoms with Crippen LogP contribution in [0.25, 0.3) is 0 Å². The van der Waals surface area contributed by atoms with Crippen molar-refractivity contribution in [2.45, 2.75) is 26.7 Å². The lowest BCUT2D eigenvalue weighted by molar-refractivity contribution is -0.152. The Balaban J connectivity index is 2.86. The first-order chi connectivity index (χ1) is 6.41. The monoisotopic (exact) mass is 200 g/mol. The van der Waals surface area contributed by atoms with Crippen molar-refractivity contribution in [3.63, 3.8) is 0 Å². The van der Waals surface area contributed by atoms with Gasteiger partial charge in [0.15, 0.2) is 0 Å². The van der Waals surface area contributed by atoms with Crippen LogP contribution in [0.4, 0.5) is 0 Å². The maximum Gasteiger partial charge on any atom is 0.309 e.